The monoisotopic (exact) mass is 292 g/mol. The quantitative estimate of drug-likeness (QED) is 0.522. The summed E-state index contributed by atoms with van der Waals surface area (Å²) < 4.78 is 17.3. The molecule has 0 unspecified atom stereocenters. The molecule has 0 spiro atoms. The third-order valence-electron chi connectivity index (χ3n) is 4.30. The summed E-state index contributed by atoms with van der Waals surface area (Å²) in [6, 6.07) is 0. The zero-order valence-electron chi connectivity index (χ0n) is 14.3. The SMILES string of the molecule is C=C/C(C)=C\CC[C@@H](/C=C/B1OC(C)(C)C(C)(C)O1)OC. The standard InChI is InChI=1S/C17H29BO3/c1-8-14(2)10-9-11-15(19-7)12-13-18-20-16(3,4)17(5,6)21-18/h8,10,12-13,15H,1,9,11H2,2-7H3/b13-12+,14-10-/t15-/m0/s1. The fourth-order valence-electron chi connectivity index (χ4n) is 2.03. The van der Waals surface area contributed by atoms with E-state index < -0.39 is 0 Å². The number of allylic oxidation sites excluding steroid dienone is 3. The van der Waals surface area contributed by atoms with Gasteiger partial charge in [0.1, 0.15) is 0 Å². The normalized spacial score (nSPS) is 22.8. The molecule has 1 rings (SSSR count). The van der Waals surface area contributed by atoms with Crippen LogP contribution in [-0.4, -0.2) is 31.5 Å². The van der Waals surface area contributed by atoms with Crippen LogP contribution in [0.4, 0.5) is 0 Å². The Kier molecular flexibility index (Phi) is 6.45. The van der Waals surface area contributed by atoms with Crippen molar-refractivity contribution in [3.05, 3.63) is 36.4 Å². The Hall–Kier alpha value is -0.835. The molecule has 0 aromatic rings. The zero-order chi connectivity index (χ0) is 16.1. The first-order valence-electron chi connectivity index (χ1n) is 7.58. The first kappa shape index (κ1) is 18.2. The number of ether oxygens (including phenoxy) is 1. The Labute approximate surface area is 130 Å². The average molecular weight is 292 g/mol. The summed E-state index contributed by atoms with van der Waals surface area (Å²) in [6.45, 7) is 14.0. The highest BCUT2D eigenvalue weighted by molar-refractivity contribution is 6.51. The predicted octanol–water partition coefficient (Wildman–Crippen LogP) is 4.10. The van der Waals surface area contributed by atoms with Gasteiger partial charge in [-0.25, -0.2) is 0 Å². The second kappa shape index (κ2) is 7.43. The predicted molar refractivity (Wildman–Crippen MR) is 89.2 cm³/mol. The minimum Gasteiger partial charge on any atom is -0.400 e. The Morgan fingerprint density at radius 3 is 2.29 bits per heavy atom. The molecule has 0 saturated carbocycles. The molecule has 1 heterocycles. The van der Waals surface area contributed by atoms with Crippen LogP contribution in [-0.2, 0) is 14.0 Å². The summed E-state index contributed by atoms with van der Waals surface area (Å²) in [5, 5.41) is 0. The van der Waals surface area contributed by atoms with E-state index in [0.717, 1.165) is 12.8 Å². The van der Waals surface area contributed by atoms with Crippen molar-refractivity contribution in [1.82, 2.24) is 0 Å². The molecule has 1 saturated heterocycles. The molecule has 1 aliphatic heterocycles. The second-order valence-corrected chi connectivity index (χ2v) is 6.51. The van der Waals surface area contributed by atoms with Gasteiger partial charge in [-0.05, 0) is 47.5 Å². The van der Waals surface area contributed by atoms with E-state index in [1.165, 1.54) is 5.57 Å². The average Bonchev–Trinajstić information content (AvgIpc) is 2.61. The molecule has 0 aromatic heterocycles. The third-order valence-corrected chi connectivity index (χ3v) is 4.30. The summed E-state index contributed by atoms with van der Waals surface area (Å²) in [5.74, 6) is 1.95. The number of hydrogen-bond donors (Lipinski definition) is 0. The third kappa shape index (κ3) is 5.13. The molecule has 0 amide bonds. The zero-order valence-corrected chi connectivity index (χ0v) is 14.3. The first-order chi connectivity index (χ1) is 9.71. The van der Waals surface area contributed by atoms with Gasteiger partial charge in [0.15, 0.2) is 0 Å². The van der Waals surface area contributed by atoms with Crippen LogP contribution in [0, 0.1) is 0 Å². The van der Waals surface area contributed by atoms with Crippen LogP contribution in [0.5, 0.6) is 0 Å². The molecule has 21 heavy (non-hydrogen) atoms. The van der Waals surface area contributed by atoms with E-state index in [1.54, 1.807) is 7.11 Å². The maximum Gasteiger partial charge on any atom is 0.486 e. The Morgan fingerprint density at radius 2 is 1.81 bits per heavy atom. The fraction of sp³-hybridized carbons (Fsp3) is 0.647. The van der Waals surface area contributed by atoms with Crippen LogP contribution in [0.15, 0.2) is 36.4 Å². The van der Waals surface area contributed by atoms with E-state index >= 15 is 0 Å². The molecule has 0 radical (unpaired) electrons. The van der Waals surface area contributed by atoms with Crippen molar-refractivity contribution < 1.29 is 14.0 Å². The summed E-state index contributed by atoms with van der Waals surface area (Å²) >= 11 is 0. The highest BCUT2D eigenvalue weighted by atomic mass is 16.7. The molecule has 4 heteroatoms. The van der Waals surface area contributed by atoms with E-state index in [0.29, 0.717) is 0 Å². The van der Waals surface area contributed by atoms with Gasteiger partial charge in [-0.15, -0.1) is 0 Å². The van der Waals surface area contributed by atoms with E-state index in [-0.39, 0.29) is 24.4 Å². The van der Waals surface area contributed by atoms with E-state index in [9.17, 15) is 0 Å². The first-order valence-corrected chi connectivity index (χ1v) is 7.58. The van der Waals surface area contributed by atoms with Crippen molar-refractivity contribution in [2.24, 2.45) is 0 Å². The maximum absolute atomic E-state index is 5.93. The molecule has 0 bridgehead atoms. The number of hydrogen-bond acceptors (Lipinski definition) is 3. The van der Waals surface area contributed by atoms with Crippen molar-refractivity contribution in [3.63, 3.8) is 0 Å². The van der Waals surface area contributed by atoms with Crippen LogP contribution in [0.2, 0.25) is 0 Å². The van der Waals surface area contributed by atoms with Crippen LogP contribution in [0.1, 0.15) is 47.5 Å². The summed E-state index contributed by atoms with van der Waals surface area (Å²) in [7, 11) is 1.42. The van der Waals surface area contributed by atoms with Crippen molar-refractivity contribution in [2.75, 3.05) is 7.11 Å². The van der Waals surface area contributed by atoms with Crippen LogP contribution >= 0.6 is 0 Å². The van der Waals surface area contributed by atoms with Gasteiger partial charge in [0.2, 0.25) is 0 Å². The smallest absolute Gasteiger partial charge is 0.400 e. The molecule has 1 atom stereocenters. The Bertz CT molecular complexity index is 394. The van der Waals surface area contributed by atoms with Crippen LogP contribution < -0.4 is 0 Å². The van der Waals surface area contributed by atoms with Crippen LogP contribution in [0.3, 0.4) is 0 Å². The number of methoxy groups -OCH3 is 1. The Balaban J connectivity index is 2.52. The highest BCUT2D eigenvalue weighted by Crippen LogP contribution is 2.36. The van der Waals surface area contributed by atoms with Gasteiger partial charge in [-0.3, -0.25) is 0 Å². The van der Waals surface area contributed by atoms with Crippen molar-refractivity contribution in [2.45, 2.75) is 64.8 Å². The topological polar surface area (TPSA) is 27.7 Å². The molecule has 1 aliphatic rings. The lowest BCUT2D eigenvalue weighted by atomic mass is 9.89. The van der Waals surface area contributed by atoms with E-state index in [2.05, 4.69) is 47.3 Å². The number of rotatable bonds is 7. The lowest BCUT2D eigenvalue weighted by Crippen LogP contribution is -2.41. The van der Waals surface area contributed by atoms with Crippen molar-refractivity contribution in [1.29, 1.82) is 0 Å². The highest BCUT2D eigenvalue weighted by Gasteiger charge is 2.50. The minimum absolute atomic E-state index is 0.0675. The summed E-state index contributed by atoms with van der Waals surface area (Å²) in [4.78, 5) is 0. The molecule has 118 valence electrons. The minimum atomic E-state index is -0.307. The maximum atomic E-state index is 5.93. The Morgan fingerprint density at radius 1 is 1.24 bits per heavy atom. The summed E-state index contributed by atoms with van der Waals surface area (Å²) in [6.07, 6.45) is 8.02. The second-order valence-electron chi connectivity index (χ2n) is 6.51. The molecule has 3 nitrogen and oxygen atoms in total. The molecule has 1 fully saturated rings. The molecular formula is C17H29BO3. The van der Waals surface area contributed by atoms with Gasteiger partial charge >= 0.3 is 7.12 Å². The van der Waals surface area contributed by atoms with Gasteiger partial charge in [0.25, 0.3) is 0 Å². The van der Waals surface area contributed by atoms with Gasteiger partial charge < -0.3 is 14.0 Å². The van der Waals surface area contributed by atoms with Gasteiger partial charge in [-0.2, -0.15) is 0 Å². The van der Waals surface area contributed by atoms with Gasteiger partial charge in [0, 0.05) is 7.11 Å². The van der Waals surface area contributed by atoms with Crippen molar-refractivity contribution >= 4 is 7.12 Å². The largest absolute Gasteiger partial charge is 0.486 e. The molecule has 0 N–H and O–H groups in total. The molecule has 0 aromatic carbocycles. The van der Waals surface area contributed by atoms with Gasteiger partial charge in [-0.1, -0.05) is 36.4 Å². The van der Waals surface area contributed by atoms with E-state index in [4.69, 9.17) is 14.0 Å². The van der Waals surface area contributed by atoms with Crippen molar-refractivity contribution in [3.8, 4) is 0 Å². The lowest BCUT2D eigenvalue weighted by molar-refractivity contribution is 0.00578. The van der Waals surface area contributed by atoms with Crippen LogP contribution in [0.25, 0.3) is 0 Å². The summed E-state index contributed by atoms with van der Waals surface area (Å²) in [5.41, 5.74) is 0.600. The van der Waals surface area contributed by atoms with E-state index in [1.807, 2.05) is 18.1 Å². The lowest BCUT2D eigenvalue weighted by Gasteiger charge is -2.32. The fourth-order valence-corrected chi connectivity index (χ4v) is 2.03. The van der Waals surface area contributed by atoms with Gasteiger partial charge in [0.05, 0.1) is 17.3 Å². The molecular weight excluding hydrogens is 263 g/mol. The molecule has 0 aliphatic carbocycles.